The molecule has 0 aliphatic heterocycles. The second-order valence-electron chi connectivity index (χ2n) is 8.51. The van der Waals surface area contributed by atoms with Crippen molar-refractivity contribution in [1.82, 2.24) is 0 Å². The van der Waals surface area contributed by atoms with Gasteiger partial charge in [0.25, 0.3) is 0 Å². The van der Waals surface area contributed by atoms with Gasteiger partial charge in [-0.2, -0.15) is 0 Å². The van der Waals surface area contributed by atoms with Crippen LogP contribution in [0, 0.1) is 0 Å². The summed E-state index contributed by atoms with van der Waals surface area (Å²) in [6.45, 7) is 0. The number of ether oxygens (including phenoxy) is 3. The average Bonchev–Trinajstić information content (AvgIpc) is 2.87. The van der Waals surface area contributed by atoms with Crippen molar-refractivity contribution in [2.24, 2.45) is 0 Å². The molecule has 0 heterocycles. The number of aromatic hydroxyl groups is 4. The van der Waals surface area contributed by atoms with Gasteiger partial charge in [-0.3, -0.25) is 0 Å². The molecule has 2 atom stereocenters. The molecule has 202 valence electrons. The molecule has 0 bridgehead atoms. The molecule has 1 aliphatic rings. The van der Waals surface area contributed by atoms with Gasteiger partial charge in [-0.15, -0.1) is 0 Å². The number of aliphatic hydroxyl groups excluding tert-OH is 2. The number of hydrogen-bond donors (Lipinski definition) is 6. The third-order valence-electron chi connectivity index (χ3n) is 5.76. The summed E-state index contributed by atoms with van der Waals surface area (Å²) >= 11 is 0. The summed E-state index contributed by atoms with van der Waals surface area (Å²) in [5, 5.41) is 59.0. The van der Waals surface area contributed by atoms with Gasteiger partial charge in [0, 0.05) is 25.0 Å². The normalized spacial score (nSPS) is 23.3. The lowest BCUT2D eigenvalue weighted by Crippen LogP contribution is -2.59. The number of rotatable bonds is 7. The van der Waals surface area contributed by atoms with Gasteiger partial charge in [0.2, 0.25) is 5.60 Å². The quantitative estimate of drug-likeness (QED) is 0.129. The first kappa shape index (κ1) is 28.0. The first-order valence-electron chi connectivity index (χ1n) is 11.2. The number of methoxy groups -OCH3 is 1. The number of aliphatic hydroxyl groups is 2. The van der Waals surface area contributed by atoms with E-state index in [2.05, 4.69) is 0 Å². The number of phenolic OH excluding ortho intramolecular Hbond substituents is 4. The Hall–Kier alpha value is -4.55. The molecule has 38 heavy (non-hydrogen) atoms. The van der Waals surface area contributed by atoms with E-state index in [1.54, 1.807) is 0 Å². The van der Waals surface area contributed by atoms with Crippen molar-refractivity contribution in [2.45, 2.75) is 36.8 Å². The lowest BCUT2D eigenvalue weighted by molar-refractivity contribution is -0.209. The first-order chi connectivity index (χ1) is 17.9. The van der Waals surface area contributed by atoms with Crippen LogP contribution in [-0.2, 0) is 28.6 Å². The molecule has 0 spiro atoms. The summed E-state index contributed by atoms with van der Waals surface area (Å²) in [5.74, 6) is -4.55. The molecule has 3 rings (SSSR count). The highest BCUT2D eigenvalue weighted by Gasteiger charge is 2.54. The number of carbonyl (C=O) groups excluding carboxylic acids is 3. The minimum atomic E-state index is -2.09. The average molecular weight is 530 g/mol. The summed E-state index contributed by atoms with van der Waals surface area (Å²) in [7, 11) is 1.03. The number of hydrogen-bond acceptors (Lipinski definition) is 12. The highest BCUT2D eigenvalue weighted by Crippen LogP contribution is 2.36. The van der Waals surface area contributed by atoms with E-state index in [0.717, 1.165) is 19.3 Å². The summed E-state index contributed by atoms with van der Waals surface area (Å²) in [6.07, 6.45) is -1.40. The predicted molar refractivity (Wildman–Crippen MR) is 130 cm³/mol. The van der Waals surface area contributed by atoms with E-state index in [1.807, 2.05) is 0 Å². The van der Waals surface area contributed by atoms with Crippen LogP contribution in [-0.4, -0.2) is 79.6 Å². The van der Waals surface area contributed by atoms with Gasteiger partial charge in [-0.05, 0) is 47.5 Å². The molecule has 1 fully saturated rings. The second kappa shape index (κ2) is 11.7. The Morgan fingerprint density at radius 2 is 1.26 bits per heavy atom. The fourth-order valence-electron chi connectivity index (χ4n) is 3.90. The van der Waals surface area contributed by atoms with Crippen molar-refractivity contribution in [2.75, 3.05) is 7.11 Å². The molecule has 1 saturated carbocycles. The number of phenols is 4. The topological polar surface area (TPSA) is 200 Å². The van der Waals surface area contributed by atoms with Crippen molar-refractivity contribution in [3.8, 4) is 23.0 Å². The Bertz CT molecular complexity index is 1250. The summed E-state index contributed by atoms with van der Waals surface area (Å²) in [5.41, 5.74) is -1.40. The van der Waals surface area contributed by atoms with Gasteiger partial charge in [-0.1, -0.05) is 12.1 Å². The van der Waals surface area contributed by atoms with Gasteiger partial charge < -0.3 is 44.8 Å². The van der Waals surface area contributed by atoms with Crippen LogP contribution in [0.3, 0.4) is 0 Å². The lowest BCUT2D eigenvalue weighted by atomic mass is 9.79. The van der Waals surface area contributed by atoms with Gasteiger partial charge in [0.1, 0.15) is 0 Å². The van der Waals surface area contributed by atoms with E-state index in [-0.39, 0.29) is 11.5 Å². The molecule has 0 radical (unpaired) electrons. The van der Waals surface area contributed by atoms with Crippen LogP contribution >= 0.6 is 0 Å². The summed E-state index contributed by atoms with van der Waals surface area (Å²) < 4.78 is 15.2. The van der Waals surface area contributed by atoms with Gasteiger partial charge in [0.15, 0.2) is 29.1 Å². The number of carbonyl (C=O) groups is 3. The molecule has 12 heteroatoms. The van der Waals surface area contributed by atoms with Gasteiger partial charge in [-0.25, -0.2) is 14.4 Å². The fourth-order valence-corrected chi connectivity index (χ4v) is 3.90. The van der Waals surface area contributed by atoms with E-state index < -0.39 is 66.2 Å². The van der Waals surface area contributed by atoms with Crippen LogP contribution in [0.4, 0.5) is 0 Å². The zero-order chi connectivity index (χ0) is 28.0. The molecule has 2 aromatic carbocycles. The van der Waals surface area contributed by atoms with Crippen LogP contribution in [0.25, 0.3) is 12.2 Å². The van der Waals surface area contributed by atoms with Crippen molar-refractivity contribution >= 4 is 30.1 Å². The molecular formula is C26H26O12. The number of esters is 3. The highest BCUT2D eigenvalue weighted by atomic mass is 16.6. The first-order valence-corrected chi connectivity index (χ1v) is 11.2. The standard InChI is InChI=1S/C26H26O12/c1-36-25(35)26(38-23(34)9-5-15-3-7-17(28)19(30)11-15)12-20(31)24(21(32)13-26)37-22(33)8-4-14-2-6-16(27)18(29)10-14/h2-11,20-21,24,27-32H,12-13H2,1H3/b8-4+,9-5+/t20-,21-,24?,26?/m1/s1. The molecule has 6 N–H and O–H groups in total. The summed E-state index contributed by atoms with van der Waals surface area (Å²) in [6, 6.07) is 7.62. The molecule has 0 saturated heterocycles. The van der Waals surface area contributed by atoms with E-state index >= 15 is 0 Å². The van der Waals surface area contributed by atoms with E-state index in [1.165, 1.54) is 48.6 Å². The molecular weight excluding hydrogens is 504 g/mol. The Morgan fingerprint density at radius 1 is 0.789 bits per heavy atom. The largest absolute Gasteiger partial charge is 0.504 e. The van der Waals surface area contributed by atoms with Crippen molar-refractivity contribution < 1.29 is 59.2 Å². The fraction of sp³-hybridized carbons (Fsp3) is 0.269. The van der Waals surface area contributed by atoms with Crippen LogP contribution < -0.4 is 0 Å². The monoisotopic (exact) mass is 530 g/mol. The lowest BCUT2D eigenvalue weighted by Gasteiger charge is -2.41. The third-order valence-corrected chi connectivity index (χ3v) is 5.76. The maximum absolute atomic E-state index is 12.5. The second-order valence-corrected chi connectivity index (χ2v) is 8.51. The Balaban J connectivity index is 1.69. The smallest absolute Gasteiger partial charge is 0.350 e. The molecule has 0 amide bonds. The molecule has 2 aromatic rings. The van der Waals surface area contributed by atoms with E-state index in [4.69, 9.17) is 14.2 Å². The highest BCUT2D eigenvalue weighted by molar-refractivity contribution is 5.91. The molecule has 0 unspecified atom stereocenters. The van der Waals surface area contributed by atoms with Crippen molar-refractivity contribution in [3.05, 3.63) is 59.7 Å². The molecule has 1 aliphatic carbocycles. The van der Waals surface area contributed by atoms with Gasteiger partial charge in [0.05, 0.1) is 19.3 Å². The van der Waals surface area contributed by atoms with E-state index in [9.17, 15) is 45.0 Å². The Labute approximate surface area is 216 Å². The maximum atomic E-state index is 12.5. The SMILES string of the molecule is COC(=O)C1(OC(=O)/C=C/c2ccc(O)c(O)c2)C[C@@H](O)C(OC(=O)/C=C/c2ccc(O)c(O)c2)[C@H](O)C1. The van der Waals surface area contributed by atoms with Crippen LogP contribution in [0.2, 0.25) is 0 Å². The third kappa shape index (κ3) is 6.60. The molecule has 12 nitrogen and oxygen atoms in total. The zero-order valence-corrected chi connectivity index (χ0v) is 20.1. The minimum absolute atomic E-state index is 0.329. The zero-order valence-electron chi connectivity index (χ0n) is 20.1. The maximum Gasteiger partial charge on any atom is 0.350 e. The van der Waals surface area contributed by atoms with E-state index in [0.29, 0.717) is 11.1 Å². The van der Waals surface area contributed by atoms with Crippen LogP contribution in [0.1, 0.15) is 24.0 Å². The van der Waals surface area contributed by atoms with Gasteiger partial charge >= 0.3 is 17.9 Å². The van der Waals surface area contributed by atoms with Crippen LogP contribution in [0.15, 0.2) is 48.6 Å². The minimum Gasteiger partial charge on any atom is -0.504 e. The predicted octanol–water partition coefficient (Wildman–Crippen LogP) is 1.12. The Morgan fingerprint density at radius 3 is 1.71 bits per heavy atom. The van der Waals surface area contributed by atoms with Crippen molar-refractivity contribution in [1.29, 1.82) is 0 Å². The molecule has 0 aromatic heterocycles. The Kier molecular flexibility index (Phi) is 8.61. The van der Waals surface area contributed by atoms with Crippen LogP contribution in [0.5, 0.6) is 23.0 Å². The van der Waals surface area contributed by atoms with Crippen molar-refractivity contribution in [3.63, 3.8) is 0 Å². The summed E-state index contributed by atoms with van der Waals surface area (Å²) in [4.78, 5) is 37.3. The number of benzene rings is 2.